The number of amides is 1. The van der Waals surface area contributed by atoms with Gasteiger partial charge >= 0.3 is 0 Å². The maximum absolute atomic E-state index is 12.2. The van der Waals surface area contributed by atoms with Crippen molar-refractivity contribution in [3.05, 3.63) is 76.0 Å². The Hall–Kier alpha value is -2.38. The SMILES string of the molecule is O=C(NC(=S)Nc1ccc(-c2ccc(CO)o2)c(Cl)c1)c1ccccc1Cl. The second kappa shape index (κ2) is 8.54. The number of aliphatic hydroxyl groups excluding tert-OH is 1. The molecular weight excluding hydrogens is 407 g/mol. The molecule has 3 N–H and O–H groups in total. The molecular formula is C19H14Cl2N2O3S. The van der Waals surface area contributed by atoms with Gasteiger partial charge in [0.1, 0.15) is 18.1 Å². The van der Waals surface area contributed by atoms with Crippen LogP contribution in [0.25, 0.3) is 11.3 Å². The van der Waals surface area contributed by atoms with Crippen LogP contribution in [0.5, 0.6) is 0 Å². The van der Waals surface area contributed by atoms with Gasteiger partial charge in [-0.15, -0.1) is 0 Å². The maximum Gasteiger partial charge on any atom is 0.258 e. The minimum atomic E-state index is -0.409. The number of thiocarbonyl (C=S) groups is 1. The quantitative estimate of drug-likeness (QED) is 0.524. The van der Waals surface area contributed by atoms with Gasteiger partial charge in [0.05, 0.1) is 15.6 Å². The van der Waals surface area contributed by atoms with Crippen molar-refractivity contribution in [2.75, 3.05) is 5.32 Å². The lowest BCUT2D eigenvalue weighted by Crippen LogP contribution is -2.34. The second-order valence-corrected chi connectivity index (χ2v) is 6.73. The molecule has 5 nitrogen and oxygen atoms in total. The third kappa shape index (κ3) is 4.67. The number of hydrogen-bond donors (Lipinski definition) is 3. The van der Waals surface area contributed by atoms with Crippen molar-refractivity contribution < 1.29 is 14.3 Å². The predicted octanol–water partition coefficient (Wildman–Crippen LogP) is 4.87. The van der Waals surface area contributed by atoms with Gasteiger partial charge in [-0.1, -0.05) is 35.3 Å². The molecule has 0 unspecified atom stereocenters. The summed E-state index contributed by atoms with van der Waals surface area (Å²) in [6, 6.07) is 15.3. The lowest BCUT2D eigenvalue weighted by molar-refractivity contribution is 0.0978. The summed E-state index contributed by atoms with van der Waals surface area (Å²) in [5, 5.41) is 15.4. The summed E-state index contributed by atoms with van der Waals surface area (Å²) in [5.74, 6) is 0.588. The number of hydrogen-bond acceptors (Lipinski definition) is 4. The number of carbonyl (C=O) groups excluding carboxylic acids is 1. The van der Waals surface area contributed by atoms with E-state index in [9.17, 15) is 4.79 Å². The molecule has 1 amide bonds. The number of halogens is 2. The zero-order valence-electron chi connectivity index (χ0n) is 13.8. The summed E-state index contributed by atoms with van der Waals surface area (Å²) in [7, 11) is 0. The molecule has 0 saturated carbocycles. The van der Waals surface area contributed by atoms with E-state index >= 15 is 0 Å². The first kappa shape index (κ1) is 19.4. The molecule has 0 saturated heterocycles. The Balaban J connectivity index is 1.68. The molecule has 8 heteroatoms. The summed E-state index contributed by atoms with van der Waals surface area (Å²) in [4.78, 5) is 12.2. The molecule has 0 fully saturated rings. The molecule has 1 heterocycles. The summed E-state index contributed by atoms with van der Waals surface area (Å²) >= 11 is 17.5. The zero-order chi connectivity index (χ0) is 19.4. The average Bonchev–Trinajstić information content (AvgIpc) is 3.11. The van der Waals surface area contributed by atoms with Crippen molar-refractivity contribution in [3.63, 3.8) is 0 Å². The minimum absolute atomic E-state index is 0.115. The van der Waals surface area contributed by atoms with Gasteiger partial charge < -0.3 is 14.8 Å². The number of aliphatic hydroxyl groups is 1. The van der Waals surface area contributed by atoms with Gasteiger partial charge in [0.15, 0.2) is 5.11 Å². The maximum atomic E-state index is 12.2. The lowest BCUT2D eigenvalue weighted by atomic mass is 10.1. The van der Waals surface area contributed by atoms with Crippen LogP contribution in [0.1, 0.15) is 16.1 Å². The Morgan fingerprint density at radius 1 is 1.07 bits per heavy atom. The van der Waals surface area contributed by atoms with Crippen LogP contribution in [0.2, 0.25) is 10.0 Å². The van der Waals surface area contributed by atoms with Crippen LogP contribution >= 0.6 is 35.4 Å². The van der Waals surface area contributed by atoms with Crippen molar-refractivity contribution in [2.24, 2.45) is 0 Å². The first-order valence-corrected chi connectivity index (χ1v) is 9.00. The first-order chi connectivity index (χ1) is 13.0. The summed E-state index contributed by atoms with van der Waals surface area (Å²) in [6.07, 6.45) is 0. The van der Waals surface area contributed by atoms with Crippen LogP contribution in [-0.2, 0) is 6.61 Å². The van der Waals surface area contributed by atoms with Gasteiger partial charge in [-0.25, -0.2) is 0 Å². The zero-order valence-corrected chi connectivity index (χ0v) is 16.2. The van der Waals surface area contributed by atoms with Gasteiger partial charge in [0.25, 0.3) is 5.91 Å². The van der Waals surface area contributed by atoms with Crippen LogP contribution < -0.4 is 10.6 Å². The monoisotopic (exact) mass is 420 g/mol. The second-order valence-electron chi connectivity index (χ2n) is 5.51. The molecule has 0 radical (unpaired) electrons. The number of rotatable bonds is 4. The number of benzene rings is 2. The van der Waals surface area contributed by atoms with Crippen molar-refractivity contribution in [2.45, 2.75) is 6.61 Å². The molecule has 0 aliphatic rings. The minimum Gasteiger partial charge on any atom is -0.459 e. The Labute approximate surface area is 170 Å². The van der Waals surface area contributed by atoms with Gasteiger partial charge in [-0.2, -0.15) is 0 Å². The fourth-order valence-electron chi connectivity index (χ4n) is 2.38. The van der Waals surface area contributed by atoms with E-state index < -0.39 is 5.91 Å². The van der Waals surface area contributed by atoms with Crippen molar-refractivity contribution in [3.8, 4) is 11.3 Å². The van der Waals surface area contributed by atoms with Gasteiger partial charge in [0.2, 0.25) is 0 Å². The largest absolute Gasteiger partial charge is 0.459 e. The Kier molecular flexibility index (Phi) is 6.13. The van der Waals surface area contributed by atoms with Crippen molar-refractivity contribution >= 4 is 52.1 Å². The molecule has 0 aliphatic heterocycles. The first-order valence-electron chi connectivity index (χ1n) is 7.84. The van der Waals surface area contributed by atoms with Crippen molar-refractivity contribution in [1.29, 1.82) is 0 Å². The number of anilines is 1. The molecule has 1 aromatic heterocycles. The van der Waals surface area contributed by atoms with Gasteiger partial charge in [-0.05, 0) is 54.7 Å². The molecule has 3 rings (SSSR count). The standard InChI is InChI=1S/C19H14Cl2N2O3S/c20-15-4-2-1-3-14(15)18(25)23-19(27)22-11-5-7-13(16(21)9-11)17-8-6-12(10-24)26-17/h1-9,24H,10H2,(H2,22,23,25,27). The summed E-state index contributed by atoms with van der Waals surface area (Å²) in [6.45, 7) is -0.184. The van der Waals surface area contributed by atoms with Gasteiger partial charge in [-0.3, -0.25) is 10.1 Å². The van der Waals surface area contributed by atoms with E-state index in [0.29, 0.717) is 38.4 Å². The van der Waals surface area contributed by atoms with Crippen LogP contribution in [0.3, 0.4) is 0 Å². The Morgan fingerprint density at radius 2 is 1.85 bits per heavy atom. The van der Waals surface area contributed by atoms with Crippen LogP contribution in [0.15, 0.2) is 59.0 Å². The molecule has 138 valence electrons. The number of carbonyl (C=O) groups is 1. The van der Waals surface area contributed by atoms with Crippen molar-refractivity contribution in [1.82, 2.24) is 5.32 Å². The fourth-order valence-corrected chi connectivity index (χ4v) is 3.08. The molecule has 0 aliphatic carbocycles. The Bertz CT molecular complexity index is 1000. The van der Waals surface area contributed by atoms with Crippen LogP contribution in [0.4, 0.5) is 5.69 Å². The highest BCUT2D eigenvalue weighted by Crippen LogP contribution is 2.31. The van der Waals surface area contributed by atoms with E-state index in [1.54, 1.807) is 54.6 Å². The van der Waals surface area contributed by atoms with E-state index in [1.165, 1.54) is 0 Å². The third-order valence-corrected chi connectivity index (χ3v) is 4.50. The van der Waals surface area contributed by atoms with E-state index in [0.717, 1.165) is 0 Å². The average molecular weight is 421 g/mol. The van der Waals surface area contributed by atoms with E-state index in [-0.39, 0.29) is 11.7 Å². The lowest BCUT2D eigenvalue weighted by Gasteiger charge is -2.11. The predicted molar refractivity (Wildman–Crippen MR) is 110 cm³/mol. The van der Waals surface area contributed by atoms with E-state index in [2.05, 4.69) is 10.6 Å². The molecule has 0 bridgehead atoms. The van der Waals surface area contributed by atoms with Gasteiger partial charge in [0, 0.05) is 11.3 Å². The molecule has 0 spiro atoms. The highest BCUT2D eigenvalue weighted by Gasteiger charge is 2.13. The third-order valence-electron chi connectivity index (χ3n) is 3.66. The van der Waals surface area contributed by atoms with Crippen LogP contribution in [0, 0.1) is 0 Å². The number of furan rings is 1. The number of nitrogens with one attached hydrogen (secondary N) is 2. The highest BCUT2D eigenvalue weighted by molar-refractivity contribution is 7.80. The molecule has 3 aromatic rings. The molecule has 2 aromatic carbocycles. The summed E-state index contributed by atoms with van der Waals surface area (Å²) in [5.41, 5.74) is 1.60. The van der Waals surface area contributed by atoms with Crippen LogP contribution in [-0.4, -0.2) is 16.1 Å². The normalized spacial score (nSPS) is 10.5. The molecule has 27 heavy (non-hydrogen) atoms. The highest BCUT2D eigenvalue weighted by atomic mass is 35.5. The topological polar surface area (TPSA) is 74.5 Å². The van der Waals surface area contributed by atoms with E-state index in [4.69, 9.17) is 44.9 Å². The summed E-state index contributed by atoms with van der Waals surface area (Å²) < 4.78 is 5.48. The van der Waals surface area contributed by atoms with E-state index in [1.807, 2.05) is 0 Å². The molecule has 0 atom stereocenters. The fraction of sp³-hybridized carbons (Fsp3) is 0.0526. The smallest absolute Gasteiger partial charge is 0.258 e. The Morgan fingerprint density at radius 3 is 2.52 bits per heavy atom.